The number of allylic oxidation sites excluding steroid dienone is 1. The highest BCUT2D eigenvalue weighted by Crippen LogP contribution is 2.19. The van der Waals surface area contributed by atoms with Crippen LogP contribution in [0, 0.1) is 11.8 Å². The lowest BCUT2D eigenvalue weighted by Crippen LogP contribution is -2.62. The van der Waals surface area contributed by atoms with Crippen LogP contribution in [0.4, 0.5) is 0 Å². The van der Waals surface area contributed by atoms with E-state index in [4.69, 9.17) is 9.47 Å². The lowest BCUT2D eigenvalue weighted by molar-refractivity contribution is -0.154. The molecule has 46 heavy (non-hydrogen) atoms. The highest BCUT2D eigenvalue weighted by atomic mass is 16.5. The lowest BCUT2D eigenvalue weighted by atomic mass is 9.96. The molecule has 0 radical (unpaired) electrons. The minimum Gasteiger partial charge on any atom is -0.508 e. The van der Waals surface area contributed by atoms with E-state index in [1.807, 2.05) is 38.1 Å². The third-order valence-corrected chi connectivity index (χ3v) is 8.35. The summed E-state index contributed by atoms with van der Waals surface area (Å²) in [7, 11) is 1.56. The molecule has 0 spiro atoms. The maximum Gasteiger partial charge on any atom is 0.325 e. The molecule has 2 aliphatic heterocycles. The number of phenols is 1. The van der Waals surface area contributed by atoms with Crippen molar-refractivity contribution in [2.45, 2.75) is 83.7 Å². The smallest absolute Gasteiger partial charge is 0.325 e. The fourth-order valence-electron chi connectivity index (χ4n) is 5.65. The van der Waals surface area contributed by atoms with E-state index in [2.05, 4.69) is 21.0 Å². The zero-order chi connectivity index (χ0) is 33.2. The molecule has 248 valence electrons. The number of methoxy groups -OCH3 is 1. The summed E-state index contributed by atoms with van der Waals surface area (Å²) in [5, 5.41) is 17.1. The van der Waals surface area contributed by atoms with Crippen LogP contribution in [0.2, 0.25) is 0 Å². The molecule has 2 aromatic rings. The number of aromatic hydroxyl groups is 1. The average Bonchev–Trinajstić information content (AvgIpc) is 3.04. The number of phenolic OH excluding ortho intramolecular Hbond substituents is 1. The summed E-state index contributed by atoms with van der Waals surface area (Å²) in [4.78, 5) is 58.5. The van der Waals surface area contributed by atoms with Gasteiger partial charge >= 0.3 is 5.97 Å². The molecule has 1 aromatic carbocycles. The molecular weight excluding hydrogens is 590 g/mol. The average molecular weight is 636 g/mol. The minimum absolute atomic E-state index is 0.0260. The van der Waals surface area contributed by atoms with Gasteiger partial charge in [-0.1, -0.05) is 45.1 Å². The number of esters is 1. The molecule has 12 nitrogen and oxygen atoms in total. The van der Waals surface area contributed by atoms with Gasteiger partial charge in [0.2, 0.25) is 11.8 Å². The number of benzene rings is 1. The SMILES string of the molecule is CO[C@@H]1CC/C=C\c2ccnc(c2)COC(=O)[C@@H]2CCCN(N2)C(=O)[C@H](Cc2cccc(O)c2)NC(=O)[C@H](C(C)C)NC(=O)[C@@H]1C. The number of rotatable bonds is 4. The maximum absolute atomic E-state index is 14.0. The first-order chi connectivity index (χ1) is 22.0. The Morgan fingerprint density at radius 2 is 1.89 bits per heavy atom. The molecule has 12 heteroatoms. The second-order valence-electron chi connectivity index (χ2n) is 12.2. The number of carbonyl (C=O) groups excluding carboxylic acids is 4. The van der Waals surface area contributed by atoms with Gasteiger partial charge in [-0.05, 0) is 67.0 Å². The van der Waals surface area contributed by atoms with Gasteiger partial charge in [-0.3, -0.25) is 29.2 Å². The Hall–Kier alpha value is -4.29. The number of hydrazine groups is 1. The van der Waals surface area contributed by atoms with Gasteiger partial charge in [-0.25, -0.2) is 5.43 Å². The van der Waals surface area contributed by atoms with Crippen molar-refractivity contribution in [3.63, 3.8) is 0 Å². The second-order valence-corrected chi connectivity index (χ2v) is 12.2. The first kappa shape index (κ1) is 34.6. The van der Waals surface area contributed by atoms with Crippen LogP contribution in [-0.2, 0) is 41.7 Å². The van der Waals surface area contributed by atoms with Crippen LogP contribution in [-0.4, -0.2) is 76.7 Å². The number of cyclic esters (lactones) is 1. The predicted molar refractivity (Wildman–Crippen MR) is 171 cm³/mol. The third kappa shape index (κ3) is 9.37. The zero-order valence-electron chi connectivity index (χ0n) is 26.9. The Labute approximate surface area is 269 Å². The monoisotopic (exact) mass is 635 g/mol. The summed E-state index contributed by atoms with van der Waals surface area (Å²) >= 11 is 0. The van der Waals surface area contributed by atoms with E-state index in [1.54, 1.807) is 32.4 Å². The third-order valence-electron chi connectivity index (χ3n) is 8.35. The van der Waals surface area contributed by atoms with Crippen LogP contribution in [0.15, 0.2) is 48.7 Å². The summed E-state index contributed by atoms with van der Waals surface area (Å²) in [5.41, 5.74) is 5.08. The van der Waals surface area contributed by atoms with Crippen LogP contribution >= 0.6 is 0 Å². The molecule has 4 rings (SSSR count). The molecule has 0 aliphatic carbocycles. The molecule has 1 saturated heterocycles. The molecule has 0 unspecified atom stereocenters. The number of pyridine rings is 1. The number of fused-ring (bicyclic) bond motifs is 4. The largest absolute Gasteiger partial charge is 0.508 e. The number of ether oxygens (including phenoxy) is 2. The molecule has 5 atom stereocenters. The fourth-order valence-corrected chi connectivity index (χ4v) is 5.65. The number of amides is 3. The van der Waals surface area contributed by atoms with Gasteiger partial charge in [-0.2, -0.15) is 0 Å². The Morgan fingerprint density at radius 1 is 1.09 bits per heavy atom. The predicted octanol–water partition coefficient (Wildman–Crippen LogP) is 2.65. The van der Waals surface area contributed by atoms with E-state index in [0.29, 0.717) is 43.5 Å². The molecule has 4 bridgehead atoms. The Morgan fingerprint density at radius 3 is 2.63 bits per heavy atom. The van der Waals surface area contributed by atoms with Gasteiger partial charge < -0.3 is 25.2 Å². The first-order valence-corrected chi connectivity index (χ1v) is 15.8. The van der Waals surface area contributed by atoms with E-state index >= 15 is 0 Å². The number of nitrogens with one attached hydrogen (secondary N) is 3. The molecule has 1 fully saturated rings. The zero-order valence-corrected chi connectivity index (χ0v) is 26.9. The van der Waals surface area contributed by atoms with E-state index < -0.39 is 47.9 Å². The molecule has 3 amide bonds. The Bertz CT molecular complexity index is 1410. The molecular formula is C34H45N5O7. The van der Waals surface area contributed by atoms with Crippen LogP contribution in [0.25, 0.3) is 6.08 Å². The van der Waals surface area contributed by atoms with Crippen LogP contribution in [0.1, 0.15) is 63.3 Å². The molecule has 2 aliphatic rings. The highest BCUT2D eigenvalue weighted by Gasteiger charge is 2.36. The van der Waals surface area contributed by atoms with Crippen LogP contribution < -0.4 is 16.1 Å². The van der Waals surface area contributed by atoms with Crippen LogP contribution in [0.5, 0.6) is 5.75 Å². The highest BCUT2D eigenvalue weighted by molar-refractivity contribution is 5.93. The van der Waals surface area contributed by atoms with Gasteiger partial charge in [0.25, 0.3) is 5.91 Å². The number of nitrogens with zero attached hydrogens (tertiary/aromatic N) is 2. The number of hydrogen-bond acceptors (Lipinski definition) is 9. The number of carbonyl (C=O) groups is 4. The van der Waals surface area contributed by atoms with Gasteiger partial charge in [0.1, 0.15) is 30.5 Å². The van der Waals surface area contributed by atoms with E-state index in [0.717, 1.165) is 5.56 Å². The molecule has 0 saturated carbocycles. The van der Waals surface area contributed by atoms with Gasteiger partial charge in [0, 0.05) is 26.3 Å². The lowest BCUT2D eigenvalue weighted by Gasteiger charge is -2.35. The second kappa shape index (κ2) is 16.3. The standard InChI is InChI=1S/C34H45N5O7/c1-21(2)30-32(42)36-28(19-24-10-7-11-26(40)18-24)33(43)39-16-8-12-27(38-39)34(44)46-20-25-17-23(14-15-35-25)9-5-6-13-29(45-4)22(3)31(41)37-30/h5,7,9-11,14-15,17-18,21-22,27-30,38,40H,6,8,12-13,16,19-20H2,1-4H3,(H,36,42)(H,37,41)/b9-5-/t22-,27+,28+,29-,30+/m1/s1. The Balaban J connectivity index is 1.64. The van der Waals surface area contributed by atoms with Crippen molar-refractivity contribution in [2.75, 3.05) is 13.7 Å². The topological polar surface area (TPSA) is 159 Å². The van der Waals surface area contributed by atoms with Crippen molar-refractivity contribution in [2.24, 2.45) is 11.8 Å². The van der Waals surface area contributed by atoms with Crippen molar-refractivity contribution in [1.82, 2.24) is 26.1 Å². The van der Waals surface area contributed by atoms with Crippen molar-refractivity contribution in [3.8, 4) is 5.75 Å². The van der Waals surface area contributed by atoms with E-state index in [9.17, 15) is 24.3 Å². The molecule has 4 N–H and O–H groups in total. The molecule has 1 aromatic heterocycles. The van der Waals surface area contributed by atoms with Gasteiger partial charge in [0.15, 0.2) is 0 Å². The van der Waals surface area contributed by atoms with Crippen molar-refractivity contribution in [3.05, 3.63) is 65.5 Å². The van der Waals surface area contributed by atoms with Crippen molar-refractivity contribution >= 4 is 29.8 Å². The van der Waals surface area contributed by atoms with E-state index in [1.165, 1.54) is 17.1 Å². The summed E-state index contributed by atoms with van der Waals surface area (Å²) in [6.45, 7) is 5.68. The van der Waals surface area contributed by atoms with Crippen molar-refractivity contribution in [1.29, 1.82) is 0 Å². The van der Waals surface area contributed by atoms with Gasteiger partial charge in [-0.15, -0.1) is 0 Å². The summed E-state index contributed by atoms with van der Waals surface area (Å²) in [6.07, 6.45) is 7.46. The number of aromatic nitrogens is 1. The summed E-state index contributed by atoms with van der Waals surface area (Å²) in [6, 6.07) is 7.38. The summed E-state index contributed by atoms with van der Waals surface area (Å²) < 4.78 is 11.2. The first-order valence-electron chi connectivity index (χ1n) is 15.8. The van der Waals surface area contributed by atoms with Crippen LogP contribution in [0.3, 0.4) is 0 Å². The summed E-state index contributed by atoms with van der Waals surface area (Å²) in [5.74, 6) is -2.64. The minimum atomic E-state index is -1.06. The fraction of sp³-hybridized carbons (Fsp3) is 0.500. The Kier molecular flexibility index (Phi) is 12.3. The normalized spacial score (nSPS) is 26.3. The molecule has 3 heterocycles. The quantitative estimate of drug-likeness (QED) is 0.371. The van der Waals surface area contributed by atoms with E-state index in [-0.39, 0.29) is 30.6 Å². The maximum atomic E-state index is 14.0. The number of hydrogen-bond donors (Lipinski definition) is 4. The van der Waals surface area contributed by atoms with Crippen molar-refractivity contribution < 1.29 is 33.8 Å². The van der Waals surface area contributed by atoms with Gasteiger partial charge in [0.05, 0.1) is 17.7 Å².